The molecular weight excluding hydrogens is 274 g/mol. The Labute approximate surface area is 84.5 Å². The van der Waals surface area contributed by atoms with Gasteiger partial charge in [-0.1, -0.05) is 11.6 Å². The molecule has 1 rings (SSSR count). The number of hydrogen-bond donors (Lipinski definition) is 1. The Morgan fingerprint density at radius 3 is 2.55 bits per heavy atom. The van der Waals surface area contributed by atoms with Crippen molar-refractivity contribution in [3.05, 3.63) is 25.8 Å². The Bertz CT molecular complexity index is 270. The first-order chi connectivity index (χ1) is 5.04. The van der Waals surface area contributed by atoms with Crippen molar-refractivity contribution in [2.75, 3.05) is 0 Å². The van der Waals surface area contributed by atoms with Crippen LogP contribution in [0.3, 0.4) is 0 Å². The lowest BCUT2D eigenvalue weighted by atomic mass is 10.1. The van der Waals surface area contributed by atoms with Gasteiger partial charge in [0.15, 0.2) is 0 Å². The lowest BCUT2D eigenvalue weighted by Gasteiger charge is -2.06. The van der Waals surface area contributed by atoms with Gasteiger partial charge in [-0.3, -0.25) is 0 Å². The molecule has 1 aromatic rings. The zero-order valence-corrected chi connectivity index (χ0v) is 9.19. The molecule has 0 atom stereocenters. The summed E-state index contributed by atoms with van der Waals surface area (Å²) in [5.74, 6) is 0.310. The van der Waals surface area contributed by atoms with E-state index in [0.717, 1.165) is 19.7 Å². The molecule has 0 amide bonds. The van der Waals surface area contributed by atoms with Crippen LogP contribution in [0.4, 0.5) is 0 Å². The van der Waals surface area contributed by atoms with Gasteiger partial charge in [-0.15, -0.1) is 0 Å². The van der Waals surface area contributed by atoms with Crippen LogP contribution >= 0.6 is 34.2 Å². The maximum absolute atomic E-state index is 9.34. The van der Waals surface area contributed by atoms with Crippen molar-refractivity contribution in [1.29, 1.82) is 0 Å². The van der Waals surface area contributed by atoms with Crippen LogP contribution in [0.5, 0.6) is 5.75 Å². The van der Waals surface area contributed by atoms with E-state index in [2.05, 4.69) is 22.6 Å². The van der Waals surface area contributed by atoms with E-state index in [9.17, 15) is 5.11 Å². The van der Waals surface area contributed by atoms with Crippen molar-refractivity contribution in [1.82, 2.24) is 0 Å². The van der Waals surface area contributed by atoms with Gasteiger partial charge < -0.3 is 5.11 Å². The molecule has 60 valence electrons. The van der Waals surface area contributed by atoms with Crippen molar-refractivity contribution in [3.63, 3.8) is 0 Å². The molecule has 11 heavy (non-hydrogen) atoms. The van der Waals surface area contributed by atoms with Crippen molar-refractivity contribution in [2.45, 2.75) is 13.8 Å². The topological polar surface area (TPSA) is 20.2 Å². The molecule has 0 heterocycles. The Morgan fingerprint density at radius 2 is 2.00 bits per heavy atom. The molecule has 0 aliphatic rings. The van der Waals surface area contributed by atoms with Crippen molar-refractivity contribution < 1.29 is 5.11 Å². The van der Waals surface area contributed by atoms with Crippen molar-refractivity contribution >= 4 is 34.2 Å². The smallest absolute Gasteiger partial charge is 0.129 e. The highest BCUT2D eigenvalue weighted by Gasteiger charge is 2.07. The first kappa shape index (κ1) is 9.13. The fourth-order valence-corrected chi connectivity index (χ4v) is 1.65. The standard InChI is InChI=1S/C8H8ClIO/c1-4-3-6(11)8(10)5(2)7(4)9/h3,11H,1-2H3. The molecule has 1 aromatic carbocycles. The minimum atomic E-state index is 0.310. The highest BCUT2D eigenvalue weighted by atomic mass is 127. The molecule has 0 aromatic heterocycles. The minimum Gasteiger partial charge on any atom is -0.507 e. The summed E-state index contributed by atoms with van der Waals surface area (Å²) in [6.07, 6.45) is 0. The summed E-state index contributed by atoms with van der Waals surface area (Å²) in [7, 11) is 0. The van der Waals surface area contributed by atoms with E-state index < -0.39 is 0 Å². The molecule has 0 radical (unpaired) electrons. The predicted octanol–water partition coefficient (Wildman–Crippen LogP) is 3.27. The number of hydrogen-bond acceptors (Lipinski definition) is 1. The van der Waals surface area contributed by atoms with Gasteiger partial charge >= 0.3 is 0 Å². The molecule has 1 nitrogen and oxygen atoms in total. The molecule has 0 aliphatic heterocycles. The van der Waals surface area contributed by atoms with Crippen LogP contribution in [0.1, 0.15) is 11.1 Å². The van der Waals surface area contributed by atoms with Crippen LogP contribution in [0, 0.1) is 17.4 Å². The Hall–Kier alpha value is 0.0400. The summed E-state index contributed by atoms with van der Waals surface area (Å²) in [5, 5.41) is 10.1. The number of phenols is 1. The second-order valence-corrected chi connectivity index (χ2v) is 3.92. The zero-order chi connectivity index (χ0) is 8.59. The highest BCUT2D eigenvalue weighted by Crippen LogP contribution is 2.31. The highest BCUT2D eigenvalue weighted by molar-refractivity contribution is 14.1. The molecule has 3 heteroatoms. The van der Waals surface area contributed by atoms with Gasteiger partial charge in [-0.05, 0) is 53.6 Å². The van der Waals surface area contributed by atoms with Gasteiger partial charge in [0.25, 0.3) is 0 Å². The average molecular weight is 283 g/mol. The molecule has 0 saturated heterocycles. The summed E-state index contributed by atoms with van der Waals surface area (Å²) in [6.45, 7) is 3.78. The fourth-order valence-electron chi connectivity index (χ4n) is 0.916. The Morgan fingerprint density at radius 1 is 1.45 bits per heavy atom. The average Bonchev–Trinajstić information content (AvgIpc) is 1.97. The molecule has 1 N–H and O–H groups in total. The first-order valence-corrected chi connectivity index (χ1v) is 4.64. The third kappa shape index (κ3) is 1.62. The van der Waals surface area contributed by atoms with Crippen LogP contribution in [0.25, 0.3) is 0 Å². The largest absolute Gasteiger partial charge is 0.507 e. The molecule has 0 spiro atoms. The maximum Gasteiger partial charge on any atom is 0.129 e. The third-order valence-corrected chi connectivity index (χ3v) is 3.53. The maximum atomic E-state index is 9.34. The Kier molecular flexibility index (Phi) is 2.65. The van der Waals surface area contributed by atoms with Crippen molar-refractivity contribution in [3.8, 4) is 5.75 Å². The van der Waals surface area contributed by atoms with Gasteiger partial charge in [-0.2, -0.15) is 0 Å². The summed E-state index contributed by atoms with van der Waals surface area (Å²) >= 11 is 8.02. The Balaban J connectivity index is 3.46. The van der Waals surface area contributed by atoms with E-state index in [0.29, 0.717) is 5.75 Å². The zero-order valence-electron chi connectivity index (χ0n) is 6.28. The number of aryl methyl sites for hydroxylation is 1. The van der Waals surface area contributed by atoms with E-state index in [4.69, 9.17) is 11.6 Å². The molecular formula is C8H8ClIO. The van der Waals surface area contributed by atoms with E-state index in [-0.39, 0.29) is 0 Å². The van der Waals surface area contributed by atoms with Gasteiger partial charge in [0.05, 0.1) is 3.57 Å². The van der Waals surface area contributed by atoms with Gasteiger partial charge in [0.1, 0.15) is 5.75 Å². The van der Waals surface area contributed by atoms with E-state index in [1.54, 1.807) is 6.07 Å². The van der Waals surface area contributed by atoms with Crippen LogP contribution in [-0.2, 0) is 0 Å². The first-order valence-electron chi connectivity index (χ1n) is 3.18. The molecule has 0 fully saturated rings. The summed E-state index contributed by atoms with van der Waals surface area (Å²) in [5.41, 5.74) is 1.87. The van der Waals surface area contributed by atoms with Crippen molar-refractivity contribution in [2.24, 2.45) is 0 Å². The van der Waals surface area contributed by atoms with Gasteiger partial charge in [-0.25, -0.2) is 0 Å². The number of aromatic hydroxyl groups is 1. The quantitative estimate of drug-likeness (QED) is 0.724. The summed E-state index contributed by atoms with van der Waals surface area (Å²) in [4.78, 5) is 0. The fraction of sp³-hybridized carbons (Fsp3) is 0.250. The molecule has 0 unspecified atom stereocenters. The summed E-state index contributed by atoms with van der Waals surface area (Å²) < 4.78 is 0.832. The molecule has 0 aliphatic carbocycles. The van der Waals surface area contributed by atoms with E-state index in [1.807, 2.05) is 13.8 Å². The predicted molar refractivity (Wildman–Crippen MR) is 55.3 cm³/mol. The van der Waals surface area contributed by atoms with Crippen LogP contribution < -0.4 is 0 Å². The van der Waals surface area contributed by atoms with Gasteiger partial charge in [0.2, 0.25) is 0 Å². The number of rotatable bonds is 0. The van der Waals surface area contributed by atoms with E-state index in [1.165, 1.54) is 0 Å². The second-order valence-electron chi connectivity index (χ2n) is 2.47. The molecule has 0 bridgehead atoms. The van der Waals surface area contributed by atoms with Gasteiger partial charge in [0, 0.05) is 5.02 Å². The number of phenolic OH excluding ortho intramolecular Hbond substituents is 1. The number of halogens is 2. The van der Waals surface area contributed by atoms with Crippen LogP contribution in [-0.4, -0.2) is 5.11 Å². The molecule has 0 saturated carbocycles. The minimum absolute atomic E-state index is 0.310. The summed E-state index contributed by atoms with van der Waals surface area (Å²) in [6, 6.07) is 1.68. The monoisotopic (exact) mass is 282 g/mol. The number of benzene rings is 1. The normalized spacial score (nSPS) is 10.2. The van der Waals surface area contributed by atoms with Crippen LogP contribution in [0.2, 0.25) is 5.02 Å². The van der Waals surface area contributed by atoms with E-state index >= 15 is 0 Å². The lowest BCUT2D eigenvalue weighted by molar-refractivity contribution is 0.470. The third-order valence-electron chi connectivity index (χ3n) is 1.58. The van der Waals surface area contributed by atoms with Crippen LogP contribution in [0.15, 0.2) is 6.07 Å². The second kappa shape index (κ2) is 3.19. The lowest BCUT2D eigenvalue weighted by Crippen LogP contribution is -1.86. The SMILES string of the molecule is Cc1cc(O)c(I)c(C)c1Cl.